The van der Waals surface area contributed by atoms with Gasteiger partial charge in [-0.1, -0.05) is 60.7 Å². The average molecular weight is 441 g/mol. The van der Waals surface area contributed by atoms with Crippen LogP contribution in [-0.4, -0.2) is 46.9 Å². The first-order valence-corrected chi connectivity index (χ1v) is 10.3. The van der Waals surface area contributed by atoms with Gasteiger partial charge in [0.25, 0.3) is 0 Å². The Labute approximate surface area is 186 Å². The van der Waals surface area contributed by atoms with Crippen LogP contribution in [0.15, 0.2) is 60.7 Å². The van der Waals surface area contributed by atoms with Gasteiger partial charge in [0.05, 0.1) is 5.92 Å². The number of carboxylic acids is 1. The minimum absolute atomic E-state index is 0.00869. The zero-order chi connectivity index (χ0) is 23.0. The molecule has 1 fully saturated rings. The summed E-state index contributed by atoms with van der Waals surface area (Å²) >= 11 is 0. The zero-order valence-electron chi connectivity index (χ0n) is 17.6. The molecule has 0 aliphatic carbocycles. The largest absolute Gasteiger partial charge is 0.481 e. The van der Waals surface area contributed by atoms with Gasteiger partial charge in [0.1, 0.15) is 13.2 Å². The Morgan fingerprint density at radius 3 is 2.12 bits per heavy atom. The van der Waals surface area contributed by atoms with E-state index in [1.54, 1.807) is 36.4 Å². The molecule has 0 saturated carbocycles. The number of amides is 1. The SMILES string of the molecule is NC(NC(=O)OCc1ccccc1)(C(=O)OCc1ccccc1)N1CCCC(C(=O)O)C1. The van der Waals surface area contributed by atoms with Crippen molar-refractivity contribution in [2.24, 2.45) is 11.7 Å². The summed E-state index contributed by atoms with van der Waals surface area (Å²) in [6.45, 7) is 0.250. The standard InChI is InChI=1S/C23H27N3O6/c24-23(26-13-7-12-19(14-26)20(27)28,21(29)31-15-17-8-3-1-4-9-17)25-22(30)32-16-18-10-5-2-6-11-18/h1-6,8-11,19H,7,12-16,24H2,(H,25,30)(H,27,28). The quantitative estimate of drug-likeness (QED) is 0.419. The lowest BCUT2D eigenvalue weighted by atomic mass is 9.97. The number of likely N-dealkylation sites (tertiary alicyclic amines) is 1. The topological polar surface area (TPSA) is 131 Å². The van der Waals surface area contributed by atoms with Crippen molar-refractivity contribution in [2.75, 3.05) is 13.1 Å². The number of nitrogens with one attached hydrogen (secondary N) is 1. The number of nitrogens with zero attached hydrogens (tertiary/aromatic N) is 1. The lowest BCUT2D eigenvalue weighted by Crippen LogP contribution is -2.73. The van der Waals surface area contributed by atoms with E-state index in [9.17, 15) is 19.5 Å². The number of esters is 1. The fourth-order valence-electron chi connectivity index (χ4n) is 3.51. The Kier molecular flexibility index (Phi) is 7.80. The number of aliphatic carboxylic acids is 1. The average Bonchev–Trinajstić information content (AvgIpc) is 2.82. The Morgan fingerprint density at radius 2 is 1.56 bits per heavy atom. The van der Waals surface area contributed by atoms with E-state index in [0.717, 1.165) is 11.1 Å². The predicted molar refractivity (Wildman–Crippen MR) is 115 cm³/mol. The van der Waals surface area contributed by atoms with Crippen molar-refractivity contribution in [3.8, 4) is 0 Å². The summed E-state index contributed by atoms with van der Waals surface area (Å²) in [7, 11) is 0. The minimum atomic E-state index is -2.07. The minimum Gasteiger partial charge on any atom is -0.481 e. The molecule has 1 saturated heterocycles. The van der Waals surface area contributed by atoms with Crippen molar-refractivity contribution in [1.29, 1.82) is 0 Å². The van der Waals surface area contributed by atoms with Gasteiger partial charge in [-0.25, -0.2) is 9.59 Å². The third-order valence-corrected chi connectivity index (χ3v) is 5.30. The second-order valence-corrected chi connectivity index (χ2v) is 7.64. The molecule has 0 aromatic heterocycles. The highest BCUT2D eigenvalue weighted by atomic mass is 16.6. The molecule has 2 aromatic rings. The molecule has 1 heterocycles. The maximum Gasteiger partial charge on any atom is 0.410 e. The molecule has 2 aromatic carbocycles. The Morgan fingerprint density at radius 1 is 1.00 bits per heavy atom. The molecule has 9 nitrogen and oxygen atoms in total. The second kappa shape index (κ2) is 10.7. The van der Waals surface area contributed by atoms with E-state index >= 15 is 0 Å². The van der Waals surface area contributed by atoms with E-state index in [-0.39, 0.29) is 19.8 Å². The number of nitrogens with two attached hydrogens (primary N) is 1. The summed E-state index contributed by atoms with van der Waals surface area (Å²) in [5.41, 5.74) is 7.87. The molecule has 2 unspecified atom stereocenters. The summed E-state index contributed by atoms with van der Waals surface area (Å²) in [4.78, 5) is 38.4. The normalized spacial score (nSPS) is 18.2. The fourth-order valence-corrected chi connectivity index (χ4v) is 3.51. The van der Waals surface area contributed by atoms with Crippen LogP contribution in [0.4, 0.5) is 4.79 Å². The summed E-state index contributed by atoms with van der Waals surface area (Å²) in [5, 5.41) is 11.8. The molecule has 3 rings (SSSR count). The van der Waals surface area contributed by atoms with Crippen molar-refractivity contribution in [3.05, 3.63) is 71.8 Å². The molecule has 4 N–H and O–H groups in total. The van der Waals surface area contributed by atoms with Crippen molar-refractivity contribution < 1.29 is 29.0 Å². The van der Waals surface area contributed by atoms with Crippen LogP contribution in [0, 0.1) is 5.92 Å². The first-order valence-electron chi connectivity index (χ1n) is 10.3. The van der Waals surface area contributed by atoms with Gasteiger partial charge in [-0.2, -0.15) is 0 Å². The van der Waals surface area contributed by atoms with Gasteiger partial charge in [-0.3, -0.25) is 20.7 Å². The van der Waals surface area contributed by atoms with E-state index in [0.29, 0.717) is 19.4 Å². The number of carbonyl (C=O) groups excluding carboxylic acids is 2. The molecular formula is C23H27N3O6. The molecule has 32 heavy (non-hydrogen) atoms. The number of carbonyl (C=O) groups is 3. The van der Waals surface area contributed by atoms with Crippen LogP contribution >= 0.6 is 0 Å². The van der Waals surface area contributed by atoms with Crippen molar-refractivity contribution in [3.63, 3.8) is 0 Å². The highest BCUT2D eigenvalue weighted by molar-refractivity contribution is 5.84. The Bertz CT molecular complexity index is 924. The monoisotopic (exact) mass is 441 g/mol. The zero-order valence-corrected chi connectivity index (χ0v) is 17.6. The molecule has 0 radical (unpaired) electrons. The van der Waals surface area contributed by atoms with E-state index in [1.807, 2.05) is 24.3 Å². The number of alkyl carbamates (subject to hydrolysis) is 1. The van der Waals surface area contributed by atoms with Crippen molar-refractivity contribution in [1.82, 2.24) is 10.2 Å². The smallest absolute Gasteiger partial charge is 0.410 e. The van der Waals surface area contributed by atoms with E-state index in [1.165, 1.54) is 4.90 Å². The molecule has 9 heteroatoms. The summed E-state index contributed by atoms with van der Waals surface area (Å²) < 4.78 is 10.6. The Balaban J connectivity index is 1.72. The number of rotatable bonds is 8. The number of piperidine rings is 1. The summed E-state index contributed by atoms with van der Waals surface area (Å²) in [6, 6.07) is 18.1. The van der Waals surface area contributed by atoms with E-state index in [4.69, 9.17) is 15.2 Å². The number of hydrogen-bond acceptors (Lipinski definition) is 7. The molecule has 1 amide bonds. The van der Waals surface area contributed by atoms with Crippen molar-refractivity contribution in [2.45, 2.75) is 31.8 Å². The van der Waals surface area contributed by atoms with Gasteiger partial charge in [0.2, 0.25) is 5.79 Å². The first-order chi connectivity index (χ1) is 15.4. The fraction of sp³-hybridized carbons (Fsp3) is 0.348. The molecular weight excluding hydrogens is 414 g/mol. The molecule has 0 spiro atoms. The van der Waals surface area contributed by atoms with Crippen LogP contribution < -0.4 is 11.1 Å². The summed E-state index contributed by atoms with van der Waals surface area (Å²) in [5.74, 6) is -4.67. The maximum absolute atomic E-state index is 13.0. The van der Waals surface area contributed by atoms with Crippen LogP contribution in [0.3, 0.4) is 0 Å². The third kappa shape index (κ3) is 6.05. The maximum atomic E-state index is 13.0. The molecule has 170 valence electrons. The number of ether oxygens (including phenoxy) is 2. The number of benzene rings is 2. The second-order valence-electron chi connectivity index (χ2n) is 7.64. The highest BCUT2D eigenvalue weighted by Gasteiger charge is 2.46. The van der Waals surface area contributed by atoms with E-state index < -0.39 is 29.7 Å². The van der Waals surface area contributed by atoms with Crippen LogP contribution in [0.5, 0.6) is 0 Å². The van der Waals surface area contributed by atoms with E-state index in [2.05, 4.69) is 5.32 Å². The van der Waals surface area contributed by atoms with Gasteiger partial charge in [0.15, 0.2) is 0 Å². The van der Waals surface area contributed by atoms with Gasteiger partial charge in [-0.05, 0) is 24.0 Å². The van der Waals surface area contributed by atoms with Gasteiger partial charge in [0, 0.05) is 13.1 Å². The Hall–Kier alpha value is -3.43. The lowest BCUT2D eigenvalue weighted by molar-refractivity contribution is -0.166. The van der Waals surface area contributed by atoms with Gasteiger partial charge >= 0.3 is 18.0 Å². The van der Waals surface area contributed by atoms with Crippen molar-refractivity contribution >= 4 is 18.0 Å². The van der Waals surface area contributed by atoms with Gasteiger partial charge in [-0.15, -0.1) is 0 Å². The molecule has 2 atom stereocenters. The highest BCUT2D eigenvalue weighted by Crippen LogP contribution is 2.22. The van der Waals surface area contributed by atoms with Crippen LogP contribution in [0.25, 0.3) is 0 Å². The molecule has 0 bridgehead atoms. The lowest BCUT2D eigenvalue weighted by Gasteiger charge is -2.42. The summed E-state index contributed by atoms with van der Waals surface area (Å²) in [6.07, 6.45) is 0.0488. The van der Waals surface area contributed by atoms with Crippen LogP contribution in [0.1, 0.15) is 24.0 Å². The third-order valence-electron chi connectivity index (χ3n) is 5.30. The van der Waals surface area contributed by atoms with Gasteiger partial charge < -0.3 is 14.6 Å². The number of carboxylic acid groups (broad SMARTS) is 1. The number of hydrogen-bond donors (Lipinski definition) is 3. The molecule has 1 aliphatic heterocycles. The molecule has 1 aliphatic rings. The predicted octanol–water partition coefficient (Wildman–Crippen LogP) is 2.07. The van der Waals surface area contributed by atoms with Crippen LogP contribution in [-0.2, 0) is 32.3 Å². The van der Waals surface area contributed by atoms with Crippen LogP contribution in [0.2, 0.25) is 0 Å². The first kappa shape index (κ1) is 23.2.